The molecular formula is C14H20ClNO. The van der Waals surface area contributed by atoms with Crippen LogP contribution in [0.1, 0.15) is 32.8 Å². The fourth-order valence-electron chi connectivity index (χ4n) is 1.52. The summed E-state index contributed by atoms with van der Waals surface area (Å²) >= 11 is 6.01. The molecule has 0 atom stereocenters. The van der Waals surface area contributed by atoms with Crippen molar-refractivity contribution in [2.24, 2.45) is 0 Å². The van der Waals surface area contributed by atoms with Gasteiger partial charge in [0.05, 0.1) is 0 Å². The van der Waals surface area contributed by atoms with E-state index < -0.39 is 0 Å². The minimum Gasteiger partial charge on any atom is -0.312 e. The number of carbonyl (C=O) groups is 1. The van der Waals surface area contributed by atoms with Crippen molar-refractivity contribution < 1.29 is 4.79 Å². The Morgan fingerprint density at radius 2 is 1.94 bits per heavy atom. The summed E-state index contributed by atoms with van der Waals surface area (Å²) in [7, 11) is 0. The van der Waals surface area contributed by atoms with Gasteiger partial charge in [0.15, 0.2) is 0 Å². The first-order chi connectivity index (χ1) is 7.88. The largest absolute Gasteiger partial charge is 0.312 e. The fraction of sp³-hybridized carbons (Fsp3) is 0.500. The van der Waals surface area contributed by atoms with Gasteiger partial charge in [0.2, 0.25) is 0 Å². The van der Waals surface area contributed by atoms with Gasteiger partial charge in [-0.25, -0.2) is 0 Å². The molecule has 0 spiro atoms. The van der Waals surface area contributed by atoms with Crippen LogP contribution in [-0.4, -0.2) is 17.9 Å². The van der Waals surface area contributed by atoms with Crippen LogP contribution in [0.5, 0.6) is 0 Å². The summed E-state index contributed by atoms with van der Waals surface area (Å²) in [6.45, 7) is 6.98. The van der Waals surface area contributed by atoms with E-state index in [0.717, 1.165) is 5.56 Å². The van der Waals surface area contributed by atoms with Gasteiger partial charge in [-0.15, -0.1) is 0 Å². The summed E-state index contributed by atoms with van der Waals surface area (Å²) in [5.41, 5.74) is 0.972. The molecule has 94 valence electrons. The highest BCUT2D eigenvalue weighted by Crippen LogP contribution is 2.16. The molecule has 1 rings (SSSR count). The molecule has 1 aromatic rings. The number of Topliss-reactive ketones (excluding diaryl/α,β-unsaturated/α-hetero) is 1. The zero-order valence-electron chi connectivity index (χ0n) is 10.7. The van der Waals surface area contributed by atoms with Crippen LogP contribution in [-0.2, 0) is 11.2 Å². The topological polar surface area (TPSA) is 29.1 Å². The van der Waals surface area contributed by atoms with Crippen LogP contribution < -0.4 is 5.32 Å². The van der Waals surface area contributed by atoms with Crippen LogP contribution in [0.4, 0.5) is 0 Å². The number of nitrogens with one attached hydrogen (secondary N) is 1. The second kappa shape index (κ2) is 6.18. The van der Waals surface area contributed by atoms with Crippen molar-refractivity contribution in [1.29, 1.82) is 0 Å². The first-order valence-electron chi connectivity index (χ1n) is 5.88. The first-order valence-corrected chi connectivity index (χ1v) is 6.26. The van der Waals surface area contributed by atoms with Crippen molar-refractivity contribution in [2.75, 3.05) is 6.54 Å². The second-order valence-corrected chi connectivity index (χ2v) is 5.64. The highest BCUT2D eigenvalue weighted by Gasteiger charge is 2.10. The molecule has 0 unspecified atom stereocenters. The van der Waals surface area contributed by atoms with E-state index in [2.05, 4.69) is 26.1 Å². The minimum atomic E-state index is 0.0602. The lowest BCUT2D eigenvalue weighted by Crippen LogP contribution is -2.37. The molecule has 3 heteroatoms. The van der Waals surface area contributed by atoms with Gasteiger partial charge < -0.3 is 5.32 Å². The number of hydrogen-bond donors (Lipinski definition) is 1. The molecule has 0 saturated carbocycles. The molecular weight excluding hydrogens is 234 g/mol. The molecule has 0 saturated heterocycles. The maximum atomic E-state index is 11.8. The Hall–Kier alpha value is -0.860. The van der Waals surface area contributed by atoms with Crippen LogP contribution in [0.15, 0.2) is 24.3 Å². The van der Waals surface area contributed by atoms with Crippen molar-refractivity contribution in [2.45, 2.75) is 39.2 Å². The number of benzene rings is 1. The average Bonchev–Trinajstić information content (AvgIpc) is 2.19. The predicted octanol–water partition coefficient (Wildman–Crippen LogP) is 3.23. The molecule has 0 radical (unpaired) electrons. The Bertz CT molecular complexity index is 382. The Balaban J connectivity index is 2.38. The van der Waals surface area contributed by atoms with E-state index in [9.17, 15) is 4.79 Å². The lowest BCUT2D eigenvalue weighted by molar-refractivity contribution is -0.118. The summed E-state index contributed by atoms with van der Waals surface area (Å²) in [6.07, 6.45) is 0.966. The van der Waals surface area contributed by atoms with Crippen LogP contribution in [0, 0.1) is 0 Å². The van der Waals surface area contributed by atoms with Crippen molar-refractivity contribution in [3.8, 4) is 0 Å². The zero-order chi connectivity index (χ0) is 12.9. The van der Waals surface area contributed by atoms with E-state index in [1.54, 1.807) is 0 Å². The van der Waals surface area contributed by atoms with Crippen molar-refractivity contribution in [1.82, 2.24) is 5.32 Å². The summed E-state index contributed by atoms with van der Waals surface area (Å²) in [5, 5.41) is 3.97. The number of carbonyl (C=O) groups excluding carboxylic acids is 1. The van der Waals surface area contributed by atoms with Crippen LogP contribution in [0.3, 0.4) is 0 Å². The monoisotopic (exact) mass is 253 g/mol. The molecule has 0 amide bonds. The number of rotatable bonds is 5. The van der Waals surface area contributed by atoms with E-state index >= 15 is 0 Å². The number of hydrogen-bond acceptors (Lipinski definition) is 2. The second-order valence-electron chi connectivity index (χ2n) is 5.23. The summed E-state index contributed by atoms with van der Waals surface area (Å²) < 4.78 is 0. The summed E-state index contributed by atoms with van der Waals surface area (Å²) in [4.78, 5) is 11.8. The molecule has 0 heterocycles. The average molecular weight is 254 g/mol. The van der Waals surface area contributed by atoms with Gasteiger partial charge in [-0.2, -0.15) is 0 Å². The van der Waals surface area contributed by atoms with Gasteiger partial charge in [0.25, 0.3) is 0 Å². The number of ketones is 1. The van der Waals surface area contributed by atoms with Gasteiger partial charge in [0.1, 0.15) is 5.78 Å². The van der Waals surface area contributed by atoms with Gasteiger partial charge in [-0.05, 0) is 32.4 Å². The summed E-state index contributed by atoms with van der Waals surface area (Å²) in [6, 6.07) is 7.49. The standard InChI is InChI=1S/C14H20ClNO/c1-14(2,3)16-9-8-12(17)10-11-6-4-5-7-13(11)15/h4-7,16H,8-10H2,1-3H3. The summed E-state index contributed by atoms with van der Waals surface area (Å²) in [5.74, 6) is 0.217. The van der Waals surface area contributed by atoms with E-state index in [-0.39, 0.29) is 11.3 Å². The zero-order valence-corrected chi connectivity index (χ0v) is 11.5. The van der Waals surface area contributed by atoms with Crippen molar-refractivity contribution in [3.05, 3.63) is 34.9 Å². The third kappa shape index (κ3) is 5.85. The third-order valence-corrected chi connectivity index (χ3v) is 2.77. The molecule has 0 aliphatic heterocycles. The predicted molar refractivity (Wildman–Crippen MR) is 72.5 cm³/mol. The Morgan fingerprint density at radius 3 is 2.53 bits per heavy atom. The quantitative estimate of drug-likeness (QED) is 0.873. The smallest absolute Gasteiger partial charge is 0.138 e. The van der Waals surface area contributed by atoms with Crippen LogP contribution >= 0.6 is 11.6 Å². The number of halogens is 1. The normalized spacial score (nSPS) is 11.5. The fourth-order valence-corrected chi connectivity index (χ4v) is 1.72. The first kappa shape index (κ1) is 14.2. The Kier molecular flexibility index (Phi) is 5.16. The van der Waals surface area contributed by atoms with Crippen molar-refractivity contribution >= 4 is 17.4 Å². The molecule has 1 N–H and O–H groups in total. The highest BCUT2D eigenvalue weighted by molar-refractivity contribution is 6.31. The molecule has 0 aromatic heterocycles. The van der Waals surface area contributed by atoms with E-state index in [1.165, 1.54) is 0 Å². The van der Waals surface area contributed by atoms with Crippen molar-refractivity contribution in [3.63, 3.8) is 0 Å². The molecule has 0 aliphatic rings. The van der Waals surface area contributed by atoms with Crippen LogP contribution in [0.25, 0.3) is 0 Å². The Labute approximate surface area is 108 Å². The SMILES string of the molecule is CC(C)(C)NCCC(=O)Cc1ccccc1Cl. The molecule has 17 heavy (non-hydrogen) atoms. The lowest BCUT2D eigenvalue weighted by atomic mass is 10.1. The molecule has 0 aliphatic carbocycles. The van der Waals surface area contributed by atoms with E-state index in [1.807, 2.05) is 24.3 Å². The Morgan fingerprint density at radius 1 is 1.29 bits per heavy atom. The maximum Gasteiger partial charge on any atom is 0.138 e. The third-order valence-electron chi connectivity index (χ3n) is 2.40. The van der Waals surface area contributed by atoms with E-state index in [0.29, 0.717) is 24.4 Å². The molecule has 0 bridgehead atoms. The molecule has 2 nitrogen and oxygen atoms in total. The maximum absolute atomic E-state index is 11.8. The van der Waals surface area contributed by atoms with Gasteiger partial charge in [-0.1, -0.05) is 29.8 Å². The van der Waals surface area contributed by atoms with Gasteiger partial charge in [0, 0.05) is 29.9 Å². The van der Waals surface area contributed by atoms with Gasteiger partial charge >= 0.3 is 0 Å². The minimum absolute atomic E-state index is 0.0602. The lowest BCUT2D eigenvalue weighted by Gasteiger charge is -2.20. The van der Waals surface area contributed by atoms with Crippen LogP contribution in [0.2, 0.25) is 5.02 Å². The highest BCUT2D eigenvalue weighted by atomic mass is 35.5. The van der Waals surface area contributed by atoms with Gasteiger partial charge in [-0.3, -0.25) is 4.79 Å². The van der Waals surface area contributed by atoms with E-state index in [4.69, 9.17) is 11.6 Å². The molecule has 0 fully saturated rings. The molecule has 1 aromatic carbocycles.